The normalized spacial score (nSPS) is 19.9. The van der Waals surface area contributed by atoms with Crippen molar-refractivity contribution in [3.05, 3.63) is 57.9 Å². The van der Waals surface area contributed by atoms with Crippen molar-refractivity contribution >= 4 is 17.4 Å². The number of nitriles is 1. The Kier molecular flexibility index (Phi) is 5.40. The van der Waals surface area contributed by atoms with Gasteiger partial charge in [0.25, 0.3) is 0 Å². The summed E-state index contributed by atoms with van der Waals surface area (Å²) < 4.78 is 10.5. The second-order valence-corrected chi connectivity index (χ2v) is 5.19. The second kappa shape index (κ2) is 7.29. The first kappa shape index (κ1) is 17.0. The highest BCUT2D eigenvalue weighted by Crippen LogP contribution is 2.40. The molecule has 0 amide bonds. The molecule has 0 radical (unpaired) electrons. The SMILES string of the molecule is COC(OC)C1=C(C#N)C(c2ccccc2Cl)/C(=C/N)C(N)=N1. The van der Waals surface area contributed by atoms with Gasteiger partial charge in [-0.1, -0.05) is 29.8 Å². The van der Waals surface area contributed by atoms with E-state index in [4.69, 9.17) is 32.5 Å². The van der Waals surface area contributed by atoms with E-state index in [9.17, 15) is 5.26 Å². The molecular formula is C16H17ClN4O2. The fraction of sp³-hybridized carbons (Fsp3) is 0.250. The summed E-state index contributed by atoms with van der Waals surface area (Å²) in [4.78, 5) is 4.24. The van der Waals surface area contributed by atoms with E-state index in [1.807, 2.05) is 18.2 Å². The second-order valence-electron chi connectivity index (χ2n) is 4.79. The van der Waals surface area contributed by atoms with Gasteiger partial charge in [0.05, 0.1) is 17.6 Å². The molecule has 1 unspecified atom stereocenters. The van der Waals surface area contributed by atoms with Crippen LogP contribution in [-0.2, 0) is 9.47 Å². The maximum atomic E-state index is 9.68. The minimum Gasteiger partial charge on any atom is -0.404 e. The number of ether oxygens (including phenoxy) is 2. The van der Waals surface area contributed by atoms with Gasteiger partial charge in [0.15, 0.2) is 0 Å². The van der Waals surface area contributed by atoms with Crippen LogP contribution in [0.3, 0.4) is 0 Å². The molecule has 1 atom stereocenters. The summed E-state index contributed by atoms with van der Waals surface area (Å²) in [5.41, 5.74) is 13.6. The lowest BCUT2D eigenvalue weighted by Crippen LogP contribution is -2.30. The number of halogens is 1. The van der Waals surface area contributed by atoms with Gasteiger partial charge in [-0.2, -0.15) is 5.26 Å². The fourth-order valence-electron chi connectivity index (χ4n) is 2.54. The number of aliphatic imine (C=N–C) groups is 1. The summed E-state index contributed by atoms with van der Waals surface area (Å²) in [7, 11) is 2.92. The van der Waals surface area contributed by atoms with Crippen molar-refractivity contribution in [2.75, 3.05) is 14.2 Å². The Morgan fingerprint density at radius 1 is 1.35 bits per heavy atom. The summed E-state index contributed by atoms with van der Waals surface area (Å²) in [6.45, 7) is 0. The highest BCUT2D eigenvalue weighted by molar-refractivity contribution is 6.31. The van der Waals surface area contributed by atoms with Crippen LogP contribution in [0.5, 0.6) is 0 Å². The van der Waals surface area contributed by atoms with Gasteiger partial charge >= 0.3 is 0 Å². The van der Waals surface area contributed by atoms with Crippen LogP contribution >= 0.6 is 11.6 Å². The first-order valence-corrected chi connectivity index (χ1v) is 7.17. The molecule has 1 heterocycles. The molecule has 0 bridgehead atoms. The van der Waals surface area contributed by atoms with Crippen molar-refractivity contribution < 1.29 is 9.47 Å². The van der Waals surface area contributed by atoms with Gasteiger partial charge in [-0.3, -0.25) is 0 Å². The number of hydrogen-bond donors (Lipinski definition) is 2. The molecule has 0 fully saturated rings. The quantitative estimate of drug-likeness (QED) is 0.820. The number of rotatable bonds is 4. The Morgan fingerprint density at radius 2 is 2.00 bits per heavy atom. The van der Waals surface area contributed by atoms with Crippen molar-refractivity contribution in [3.8, 4) is 6.07 Å². The minimum absolute atomic E-state index is 0.200. The lowest BCUT2D eigenvalue weighted by molar-refractivity contribution is -0.0761. The van der Waals surface area contributed by atoms with Crippen LogP contribution in [0, 0.1) is 11.3 Å². The third-order valence-corrected chi connectivity index (χ3v) is 3.92. The molecule has 1 aromatic carbocycles. The molecule has 120 valence electrons. The van der Waals surface area contributed by atoms with Crippen LogP contribution in [0.25, 0.3) is 0 Å². The van der Waals surface area contributed by atoms with Crippen LogP contribution in [0.2, 0.25) is 5.02 Å². The van der Waals surface area contributed by atoms with Gasteiger partial charge in [-0.15, -0.1) is 0 Å². The smallest absolute Gasteiger partial charge is 0.201 e. The average Bonchev–Trinajstić information content (AvgIpc) is 2.56. The Hall–Kier alpha value is -2.33. The van der Waals surface area contributed by atoms with Gasteiger partial charge in [0, 0.05) is 31.0 Å². The first-order chi connectivity index (χ1) is 11.1. The lowest BCUT2D eigenvalue weighted by atomic mass is 9.82. The first-order valence-electron chi connectivity index (χ1n) is 6.79. The maximum absolute atomic E-state index is 9.68. The van der Waals surface area contributed by atoms with Crippen LogP contribution in [-0.4, -0.2) is 26.3 Å². The van der Waals surface area contributed by atoms with Gasteiger partial charge in [-0.25, -0.2) is 4.99 Å². The average molecular weight is 333 g/mol. The number of nitrogens with two attached hydrogens (primary N) is 2. The molecular weight excluding hydrogens is 316 g/mol. The number of allylic oxidation sites excluding steroid dienone is 1. The molecule has 23 heavy (non-hydrogen) atoms. The predicted octanol–water partition coefficient (Wildman–Crippen LogP) is 2.03. The molecule has 1 aromatic rings. The highest BCUT2D eigenvalue weighted by Gasteiger charge is 2.34. The number of nitrogens with zero attached hydrogens (tertiary/aromatic N) is 2. The van der Waals surface area contributed by atoms with E-state index in [1.54, 1.807) is 6.07 Å². The molecule has 1 aliphatic rings. The Bertz CT molecular complexity index is 730. The highest BCUT2D eigenvalue weighted by atomic mass is 35.5. The summed E-state index contributed by atoms with van der Waals surface area (Å²) >= 11 is 6.30. The Labute approximate surface area is 139 Å². The molecule has 0 aliphatic carbocycles. The van der Waals surface area contributed by atoms with Gasteiger partial charge in [0.1, 0.15) is 11.5 Å². The van der Waals surface area contributed by atoms with Crippen LogP contribution < -0.4 is 11.5 Å². The number of methoxy groups -OCH3 is 2. The zero-order valence-electron chi connectivity index (χ0n) is 12.8. The maximum Gasteiger partial charge on any atom is 0.201 e. The summed E-state index contributed by atoms with van der Waals surface area (Å²) in [5, 5.41) is 10.2. The molecule has 1 aliphatic heterocycles. The number of hydrogen-bond acceptors (Lipinski definition) is 6. The minimum atomic E-state index is -0.812. The summed E-state index contributed by atoms with van der Waals surface area (Å²) in [5.74, 6) is -0.329. The molecule has 0 saturated heterocycles. The number of benzene rings is 1. The molecule has 4 N–H and O–H groups in total. The standard InChI is InChI=1S/C16H17ClN4O2/c1-22-16(23-2)14-10(7-18)13(11(8-19)15(20)21-14)9-5-3-4-6-12(9)17/h3-6,8,13,16H,19H2,1-2H3,(H2,20,21)/b11-8-. The van der Waals surface area contributed by atoms with E-state index < -0.39 is 12.2 Å². The predicted molar refractivity (Wildman–Crippen MR) is 88.5 cm³/mol. The van der Waals surface area contributed by atoms with Crippen molar-refractivity contribution in [1.29, 1.82) is 5.26 Å². The van der Waals surface area contributed by atoms with Crippen molar-refractivity contribution in [2.24, 2.45) is 16.5 Å². The van der Waals surface area contributed by atoms with E-state index in [-0.39, 0.29) is 5.84 Å². The molecule has 0 spiro atoms. The molecule has 6 nitrogen and oxygen atoms in total. The fourth-order valence-corrected chi connectivity index (χ4v) is 2.79. The monoisotopic (exact) mass is 332 g/mol. The molecule has 0 saturated carbocycles. The Morgan fingerprint density at radius 3 is 2.52 bits per heavy atom. The lowest BCUT2D eigenvalue weighted by Gasteiger charge is -2.28. The van der Waals surface area contributed by atoms with Gasteiger partial charge < -0.3 is 20.9 Å². The third-order valence-electron chi connectivity index (χ3n) is 3.58. The van der Waals surface area contributed by atoms with Crippen molar-refractivity contribution in [2.45, 2.75) is 12.2 Å². The summed E-state index contributed by atoms with van der Waals surface area (Å²) in [6, 6.07) is 9.36. The van der Waals surface area contributed by atoms with Crippen LogP contribution in [0.1, 0.15) is 11.5 Å². The van der Waals surface area contributed by atoms with E-state index in [0.717, 1.165) is 0 Å². The van der Waals surface area contributed by atoms with Crippen molar-refractivity contribution in [3.63, 3.8) is 0 Å². The zero-order valence-corrected chi connectivity index (χ0v) is 13.5. The van der Waals surface area contributed by atoms with E-state index in [2.05, 4.69) is 11.1 Å². The molecule has 0 aromatic heterocycles. The molecule has 2 rings (SSSR count). The van der Waals surface area contributed by atoms with Crippen molar-refractivity contribution in [1.82, 2.24) is 0 Å². The largest absolute Gasteiger partial charge is 0.404 e. The van der Waals surface area contributed by atoms with E-state index in [0.29, 0.717) is 27.4 Å². The van der Waals surface area contributed by atoms with E-state index >= 15 is 0 Å². The van der Waals surface area contributed by atoms with E-state index in [1.165, 1.54) is 20.4 Å². The Balaban J connectivity index is 2.73. The zero-order chi connectivity index (χ0) is 17.0. The summed E-state index contributed by atoms with van der Waals surface area (Å²) in [6.07, 6.45) is 0.530. The van der Waals surface area contributed by atoms with Gasteiger partial charge in [-0.05, 0) is 11.6 Å². The van der Waals surface area contributed by atoms with Gasteiger partial charge in [0.2, 0.25) is 6.29 Å². The van der Waals surface area contributed by atoms with Crippen LogP contribution in [0.15, 0.2) is 52.3 Å². The van der Waals surface area contributed by atoms with Crippen LogP contribution in [0.4, 0.5) is 0 Å². The third kappa shape index (κ3) is 3.08. The molecule has 7 heteroatoms. The topological polar surface area (TPSA) is 107 Å². The number of amidine groups is 1.